The number of aromatic amines is 1. The molecule has 0 aliphatic heterocycles. The lowest BCUT2D eigenvalue weighted by molar-refractivity contribution is 0.0948. The normalized spacial score (nSPS) is 11.1. The smallest absolute Gasteiger partial charge is 0.269 e. The fourth-order valence-electron chi connectivity index (χ4n) is 4.33. The first-order valence-electron chi connectivity index (χ1n) is 11.7. The van der Waals surface area contributed by atoms with Crippen LogP contribution in [0, 0.1) is 0 Å². The molecule has 34 heavy (non-hydrogen) atoms. The summed E-state index contributed by atoms with van der Waals surface area (Å²) in [4.78, 5) is 21.5. The van der Waals surface area contributed by atoms with Gasteiger partial charge in [0.05, 0.1) is 17.8 Å². The molecule has 0 saturated heterocycles. The zero-order valence-corrected chi connectivity index (χ0v) is 19.2. The molecule has 1 amide bonds. The zero-order chi connectivity index (χ0) is 23.3. The average Bonchev–Trinajstić information content (AvgIpc) is 3.26. The van der Waals surface area contributed by atoms with E-state index in [1.54, 1.807) is 0 Å². The molecule has 170 valence electrons. The summed E-state index contributed by atoms with van der Waals surface area (Å²) in [5, 5.41) is 5.09. The van der Waals surface area contributed by atoms with E-state index in [4.69, 9.17) is 9.72 Å². The van der Waals surface area contributed by atoms with Crippen LogP contribution in [0.1, 0.15) is 29.4 Å². The highest BCUT2D eigenvalue weighted by molar-refractivity contribution is 6.13. The number of H-pyrrole nitrogens is 1. The molecule has 5 heteroatoms. The van der Waals surface area contributed by atoms with Crippen LogP contribution in [0.25, 0.3) is 33.1 Å². The van der Waals surface area contributed by atoms with Crippen molar-refractivity contribution in [2.24, 2.45) is 0 Å². The molecule has 0 fully saturated rings. The number of carbonyl (C=O) groups excluding carboxylic acids is 1. The van der Waals surface area contributed by atoms with Gasteiger partial charge in [-0.25, -0.2) is 4.98 Å². The van der Waals surface area contributed by atoms with Crippen LogP contribution in [0.2, 0.25) is 0 Å². The maximum absolute atomic E-state index is 13.1. The van der Waals surface area contributed by atoms with Gasteiger partial charge in [0, 0.05) is 28.4 Å². The molecule has 0 spiro atoms. The molecule has 2 N–H and O–H groups in total. The van der Waals surface area contributed by atoms with E-state index in [0.717, 1.165) is 46.0 Å². The Kier molecular flexibility index (Phi) is 6.25. The van der Waals surface area contributed by atoms with E-state index in [0.29, 0.717) is 24.5 Å². The summed E-state index contributed by atoms with van der Waals surface area (Å²) in [6.07, 6.45) is 1.79. The number of nitrogens with zero attached hydrogens (tertiary/aromatic N) is 1. The Bertz CT molecular complexity index is 1440. The molecule has 0 saturated carbocycles. The van der Waals surface area contributed by atoms with Gasteiger partial charge < -0.3 is 15.0 Å². The van der Waals surface area contributed by atoms with Crippen molar-refractivity contribution in [2.75, 3.05) is 13.2 Å². The molecular weight excluding hydrogens is 422 g/mol. The van der Waals surface area contributed by atoms with Crippen molar-refractivity contribution in [1.82, 2.24) is 15.3 Å². The van der Waals surface area contributed by atoms with E-state index in [1.165, 1.54) is 5.56 Å². The quantitative estimate of drug-likeness (QED) is 0.280. The Balaban J connectivity index is 1.50. The van der Waals surface area contributed by atoms with Gasteiger partial charge in [-0.1, -0.05) is 60.7 Å². The minimum Gasteiger partial charge on any atom is -0.493 e. The first-order chi connectivity index (χ1) is 16.7. The zero-order valence-electron chi connectivity index (χ0n) is 19.2. The van der Waals surface area contributed by atoms with Crippen LogP contribution in [0.3, 0.4) is 0 Å². The first kappa shape index (κ1) is 21.7. The van der Waals surface area contributed by atoms with Crippen molar-refractivity contribution in [2.45, 2.75) is 19.8 Å². The highest BCUT2D eigenvalue weighted by Crippen LogP contribution is 2.36. The number of benzene rings is 3. The molecular formula is C29H27N3O2. The van der Waals surface area contributed by atoms with Gasteiger partial charge in [0.15, 0.2) is 0 Å². The molecule has 0 radical (unpaired) electrons. The van der Waals surface area contributed by atoms with Gasteiger partial charge in [0.25, 0.3) is 5.91 Å². The maximum atomic E-state index is 13.1. The number of nitrogens with one attached hydrogen (secondary N) is 2. The van der Waals surface area contributed by atoms with Crippen LogP contribution in [-0.2, 0) is 6.42 Å². The molecule has 0 aliphatic carbocycles. The van der Waals surface area contributed by atoms with Gasteiger partial charge in [-0.05, 0) is 49.6 Å². The Morgan fingerprint density at radius 3 is 2.56 bits per heavy atom. The Hall–Kier alpha value is -4.12. The third-order valence-electron chi connectivity index (χ3n) is 5.94. The third-order valence-corrected chi connectivity index (χ3v) is 5.94. The fraction of sp³-hybridized carbons (Fsp3) is 0.172. The second-order valence-corrected chi connectivity index (χ2v) is 8.22. The minimum absolute atomic E-state index is 0.171. The lowest BCUT2D eigenvalue weighted by Gasteiger charge is -2.12. The third kappa shape index (κ3) is 4.37. The molecule has 0 unspecified atom stereocenters. The molecule has 2 heterocycles. The van der Waals surface area contributed by atoms with Gasteiger partial charge in [-0.3, -0.25) is 4.79 Å². The molecule has 0 aliphatic rings. The van der Waals surface area contributed by atoms with Crippen molar-refractivity contribution in [3.8, 4) is 17.0 Å². The monoisotopic (exact) mass is 449 g/mol. The number of rotatable bonds is 8. The van der Waals surface area contributed by atoms with Crippen LogP contribution >= 0.6 is 0 Å². The number of ether oxygens (including phenoxy) is 1. The van der Waals surface area contributed by atoms with Gasteiger partial charge in [0.1, 0.15) is 11.4 Å². The second-order valence-electron chi connectivity index (χ2n) is 8.22. The molecule has 5 aromatic rings. The summed E-state index contributed by atoms with van der Waals surface area (Å²) in [5.74, 6) is 0.577. The second kappa shape index (κ2) is 9.79. The van der Waals surface area contributed by atoms with E-state index >= 15 is 0 Å². The summed E-state index contributed by atoms with van der Waals surface area (Å²) in [6, 6.07) is 28.1. The summed E-state index contributed by atoms with van der Waals surface area (Å²) in [6.45, 7) is 3.10. The fourth-order valence-corrected chi connectivity index (χ4v) is 4.33. The number of aromatic nitrogens is 2. The van der Waals surface area contributed by atoms with E-state index in [1.807, 2.05) is 73.7 Å². The topological polar surface area (TPSA) is 67.0 Å². The van der Waals surface area contributed by atoms with Crippen LogP contribution in [0.4, 0.5) is 0 Å². The Morgan fingerprint density at radius 2 is 1.71 bits per heavy atom. The van der Waals surface area contributed by atoms with Crippen LogP contribution in [0.5, 0.6) is 5.75 Å². The Labute approximate surface area is 198 Å². The predicted octanol–water partition coefficient (Wildman–Crippen LogP) is 6.14. The van der Waals surface area contributed by atoms with E-state index in [9.17, 15) is 4.79 Å². The molecule has 2 aromatic heterocycles. The van der Waals surface area contributed by atoms with E-state index in [-0.39, 0.29) is 5.91 Å². The molecule has 3 aromatic carbocycles. The summed E-state index contributed by atoms with van der Waals surface area (Å²) < 4.78 is 5.88. The first-order valence-corrected chi connectivity index (χ1v) is 11.7. The molecule has 0 bridgehead atoms. The summed E-state index contributed by atoms with van der Waals surface area (Å²) in [5.41, 5.74) is 5.15. The number of aryl methyl sites for hydroxylation is 1. The van der Waals surface area contributed by atoms with Crippen molar-refractivity contribution >= 4 is 27.7 Å². The number of amides is 1. The van der Waals surface area contributed by atoms with Crippen molar-refractivity contribution in [3.05, 3.63) is 96.2 Å². The number of para-hydroxylation sites is 2. The highest BCUT2D eigenvalue weighted by Gasteiger charge is 2.19. The molecule has 5 rings (SSSR count). The number of pyridine rings is 1. The standard InChI is InChI=1S/C29H27N3O2/c1-2-34-26-17-9-7-15-22(26)27-28-23(21-14-6-8-16-24(21)31-28)19-25(32-27)29(33)30-18-10-13-20-11-4-3-5-12-20/h3-9,11-12,14-17,19,31H,2,10,13,18H2,1H3,(H,30,33). The molecule has 0 atom stereocenters. The van der Waals surface area contributed by atoms with Crippen molar-refractivity contribution in [1.29, 1.82) is 0 Å². The van der Waals surface area contributed by atoms with Crippen LogP contribution in [-0.4, -0.2) is 29.0 Å². The van der Waals surface area contributed by atoms with Crippen molar-refractivity contribution in [3.63, 3.8) is 0 Å². The number of carbonyl (C=O) groups is 1. The molecule has 5 nitrogen and oxygen atoms in total. The number of hydrogen-bond acceptors (Lipinski definition) is 3. The summed E-state index contributed by atoms with van der Waals surface area (Å²) in [7, 11) is 0. The van der Waals surface area contributed by atoms with Crippen LogP contribution < -0.4 is 10.1 Å². The van der Waals surface area contributed by atoms with Crippen LogP contribution in [0.15, 0.2) is 84.9 Å². The van der Waals surface area contributed by atoms with E-state index in [2.05, 4.69) is 28.5 Å². The average molecular weight is 450 g/mol. The lowest BCUT2D eigenvalue weighted by Crippen LogP contribution is -2.25. The predicted molar refractivity (Wildman–Crippen MR) is 137 cm³/mol. The summed E-state index contributed by atoms with van der Waals surface area (Å²) >= 11 is 0. The van der Waals surface area contributed by atoms with Gasteiger partial charge in [-0.15, -0.1) is 0 Å². The Morgan fingerprint density at radius 1 is 0.941 bits per heavy atom. The largest absolute Gasteiger partial charge is 0.493 e. The maximum Gasteiger partial charge on any atom is 0.269 e. The van der Waals surface area contributed by atoms with E-state index < -0.39 is 0 Å². The van der Waals surface area contributed by atoms with Gasteiger partial charge in [0.2, 0.25) is 0 Å². The highest BCUT2D eigenvalue weighted by atomic mass is 16.5. The minimum atomic E-state index is -0.171. The van der Waals surface area contributed by atoms with Crippen molar-refractivity contribution < 1.29 is 9.53 Å². The lowest BCUT2D eigenvalue weighted by atomic mass is 10.1. The SMILES string of the molecule is CCOc1ccccc1-c1nc(C(=O)NCCCc2ccccc2)cc2c1[nH]c1ccccc12. The van der Waals surface area contributed by atoms with Gasteiger partial charge in [-0.2, -0.15) is 0 Å². The van der Waals surface area contributed by atoms with Gasteiger partial charge >= 0.3 is 0 Å². The number of fused-ring (bicyclic) bond motifs is 3. The number of hydrogen-bond donors (Lipinski definition) is 2.